The summed E-state index contributed by atoms with van der Waals surface area (Å²) in [5.74, 6) is 0.580. The summed E-state index contributed by atoms with van der Waals surface area (Å²) >= 11 is 0. The van der Waals surface area contributed by atoms with Crippen LogP contribution in [-0.4, -0.2) is 35.2 Å². The fraction of sp³-hybridized carbons (Fsp3) is 0.667. The molecule has 1 aromatic rings. The first-order chi connectivity index (χ1) is 12.7. The molecule has 0 atom stereocenters. The predicted octanol–water partition coefficient (Wildman–Crippen LogP) is 3.33. The average Bonchev–Trinajstić information content (AvgIpc) is 2.66. The van der Waals surface area contributed by atoms with Crippen molar-refractivity contribution in [2.45, 2.75) is 63.8 Å². The number of hydrogen-bond donors (Lipinski definition) is 2. The smallest absolute Gasteiger partial charge is 0.272 e. The number of aromatic nitrogens is 2. The van der Waals surface area contributed by atoms with Gasteiger partial charge in [0.2, 0.25) is 0 Å². The number of rotatable bonds is 4. The topological polar surface area (TPSA) is 66.9 Å². The van der Waals surface area contributed by atoms with E-state index < -0.39 is 0 Å². The first kappa shape index (κ1) is 17.7. The number of piperidine rings is 1. The van der Waals surface area contributed by atoms with E-state index in [1.54, 1.807) is 6.07 Å². The van der Waals surface area contributed by atoms with E-state index in [0.29, 0.717) is 23.1 Å². The van der Waals surface area contributed by atoms with Gasteiger partial charge >= 0.3 is 0 Å². The van der Waals surface area contributed by atoms with Crippen LogP contribution in [0.15, 0.2) is 18.2 Å². The molecule has 1 saturated heterocycles. The lowest BCUT2D eigenvalue weighted by Gasteiger charge is -2.49. The van der Waals surface area contributed by atoms with E-state index in [9.17, 15) is 4.79 Å². The highest BCUT2D eigenvalue weighted by molar-refractivity contribution is 5.92. The van der Waals surface area contributed by atoms with Crippen molar-refractivity contribution in [3.05, 3.63) is 29.6 Å². The van der Waals surface area contributed by atoms with Gasteiger partial charge in [-0.05, 0) is 81.2 Å². The molecule has 140 valence electrons. The van der Waals surface area contributed by atoms with Gasteiger partial charge in [-0.1, -0.05) is 25.3 Å². The van der Waals surface area contributed by atoms with Crippen molar-refractivity contribution in [2.75, 3.05) is 13.1 Å². The molecule has 0 aromatic carbocycles. The molecule has 4 rings (SSSR count). The van der Waals surface area contributed by atoms with Crippen LogP contribution in [0.1, 0.15) is 74.0 Å². The van der Waals surface area contributed by atoms with E-state index in [0.717, 1.165) is 18.5 Å². The van der Waals surface area contributed by atoms with Crippen molar-refractivity contribution in [1.82, 2.24) is 20.8 Å². The van der Waals surface area contributed by atoms with Gasteiger partial charge < -0.3 is 10.6 Å². The van der Waals surface area contributed by atoms with E-state index >= 15 is 0 Å². The number of nitrogens with zero attached hydrogens (tertiary/aromatic N) is 2. The molecule has 0 unspecified atom stereocenters. The second kappa shape index (κ2) is 7.87. The summed E-state index contributed by atoms with van der Waals surface area (Å²) in [6.45, 7) is 2.35. The number of nitrogens with one attached hydrogen (secondary N) is 2. The minimum Gasteiger partial charge on any atom is -0.348 e. The third-order valence-electron chi connectivity index (χ3n) is 6.45. The zero-order valence-electron chi connectivity index (χ0n) is 15.5. The summed E-state index contributed by atoms with van der Waals surface area (Å²) in [4.78, 5) is 12.3. The zero-order chi connectivity index (χ0) is 17.8. The van der Waals surface area contributed by atoms with Crippen molar-refractivity contribution in [3.8, 4) is 0 Å². The Balaban J connectivity index is 1.27. The van der Waals surface area contributed by atoms with Crippen LogP contribution in [0.4, 0.5) is 0 Å². The van der Waals surface area contributed by atoms with Gasteiger partial charge in [0.1, 0.15) is 0 Å². The summed E-state index contributed by atoms with van der Waals surface area (Å²) in [6, 6.07) is 4.00. The Kier molecular flexibility index (Phi) is 5.34. The quantitative estimate of drug-likeness (QED) is 0.870. The maximum Gasteiger partial charge on any atom is 0.272 e. The van der Waals surface area contributed by atoms with E-state index in [-0.39, 0.29) is 5.91 Å². The molecule has 2 heterocycles. The summed E-state index contributed by atoms with van der Waals surface area (Å²) in [7, 11) is 0. The Hall–Kier alpha value is -1.75. The molecule has 5 nitrogen and oxygen atoms in total. The highest BCUT2D eigenvalue weighted by atomic mass is 16.2. The van der Waals surface area contributed by atoms with Crippen LogP contribution in [0.25, 0.3) is 6.08 Å². The minimum absolute atomic E-state index is 0.0910. The Labute approximate surface area is 156 Å². The Bertz CT molecular complexity index is 634. The Morgan fingerprint density at radius 2 is 1.88 bits per heavy atom. The molecular weight excluding hydrogens is 324 g/mol. The number of hydrogen-bond acceptors (Lipinski definition) is 4. The lowest BCUT2D eigenvalue weighted by atomic mass is 9.58. The maximum atomic E-state index is 12.3. The molecule has 2 aliphatic carbocycles. The van der Waals surface area contributed by atoms with Gasteiger partial charge in [0.05, 0.1) is 5.69 Å². The second-order valence-corrected chi connectivity index (χ2v) is 8.43. The van der Waals surface area contributed by atoms with Crippen LogP contribution in [0.3, 0.4) is 0 Å². The molecule has 1 amide bonds. The third kappa shape index (κ3) is 4.14. The molecule has 3 aliphatic rings. The molecule has 0 radical (unpaired) electrons. The van der Waals surface area contributed by atoms with Crippen LogP contribution < -0.4 is 10.6 Å². The molecule has 2 saturated carbocycles. The first-order valence-corrected chi connectivity index (χ1v) is 10.3. The molecule has 1 aromatic heterocycles. The fourth-order valence-electron chi connectivity index (χ4n) is 4.85. The van der Waals surface area contributed by atoms with Crippen LogP contribution in [-0.2, 0) is 0 Å². The second-order valence-electron chi connectivity index (χ2n) is 8.43. The Morgan fingerprint density at radius 3 is 2.58 bits per heavy atom. The molecule has 26 heavy (non-hydrogen) atoms. The van der Waals surface area contributed by atoms with Crippen molar-refractivity contribution >= 4 is 12.0 Å². The summed E-state index contributed by atoms with van der Waals surface area (Å²) in [5.41, 5.74) is 1.86. The highest BCUT2D eigenvalue weighted by Gasteiger charge is 2.43. The maximum absolute atomic E-state index is 12.3. The van der Waals surface area contributed by atoms with Crippen LogP contribution in [0, 0.1) is 11.3 Å². The number of carbonyl (C=O) groups is 1. The monoisotopic (exact) mass is 354 g/mol. The molecule has 1 aliphatic heterocycles. The van der Waals surface area contributed by atoms with Gasteiger partial charge in [-0.25, -0.2) is 0 Å². The highest BCUT2D eigenvalue weighted by Crippen LogP contribution is 2.52. The van der Waals surface area contributed by atoms with E-state index in [1.165, 1.54) is 58.0 Å². The normalized spacial score (nSPS) is 23.8. The van der Waals surface area contributed by atoms with Crippen molar-refractivity contribution in [2.24, 2.45) is 11.3 Å². The van der Waals surface area contributed by atoms with Crippen molar-refractivity contribution < 1.29 is 4.79 Å². The standard InChI is InChI=1S/C21H30N4O/c26-20(23-17-4-2-1-3-5-17)19-9-8-18(24-25-19)7-6-16-14-21(15-16)10-12-22-13-11-21/h6-9,16-17,22H,1-5,10-15H2,(H,23,26)/b7-6+. The average molecular weight is 354 g/mol. The van der Waals surface area contributed by atoms with Crippen molar-refractivity contribution in [1.29, 1.82) is 0 Å². The number of allylic oxidation sites excluding steroid dienone is 1. The molecule has 5 heteroatoms. The van der Waals surface area contributed by atoms with Crippen LogP contribution in [0.2, 0.25) is 0 Å². The van der Waals surface area contributed by atoms with Gasteiger partial charge in [-0.2, -0.15) is 5.10 Å². The Morgan fingerprint density at radius 1 is 1.12 bits per heavy atom. The molecule has 0 bridgehead atoms. The van der Waals surface area contributed by atoms with Gasteiger partial charge in [0.15, 0.2) is 5.69 Å². The van der Waals surface area contributed by atoms with Crippen LogP contribution >= 0.6 is 0 Å². The van der Waals surface area contributed by atoms with Crippen molar-refractivity contribution in [3.63, 3.8) is 0 Å². The number of carbonyl (C=O) groups excluding carboxylic acids is 1. The zero-order valence-corrected chi connectivity index (χ0v) is 15.5. The first-order valence-electron chi connectivity index (χ1n) is 10.3. The molecular formula is C21H30N4O. The summed E-state index contributed by atoms with van der Waals surface area (Å²) in [5, 5.41) is 14.9. The predicted molar refractivity (Wildman–Crippen MR) is 103 cm³/mol. The summed E-state index contributed by atoms with van der Waals surface area (Å²) < 4.78 is 0. The lowest BCUT2D eigenvalue weighted by molar-refractivity contribution is 0.0460. The minimum atomic E-state index is -0.0910. The summed E-state index contributed by atoms with van der Waals surface area (Å²) in [6.07, 6.45) is 15.5. The van der Waals surface area contributed by atoms with Gasteiger partial charge in [0, 0.05) is 6.04 Å². The number of amides is 1. The van der Waals surface area contributed by atoms with E-state index in [1.807, 2.05) is 6.07 Å². The van der Waals surface area contributed by atoms with Gasteiger partial charge in [-0.3, -0.25) is 4.79 Å². The van der Waals surface area contributed by atoms with Gasteiger partial charge in [0.25, 0.3) is 5.91 Å². The van der Waals surface area contributed by atoms with Crippen LogP contribution in [0.5, 0.6) is 0 Å². The largest absolute Gasteiger partial charge is 0.348 e. The van der Waals surface area contributed by atoms with E-state index in [4.69, 9.17) is 0 Å². The lowest BCUT2D eigenvalue weighted by Crippen LogP contribution is -2.44. The molecule has 1 spiro atoms. The SMILES string of the molecule is O=C(NC1CCCCC1)c1ccc(/C=C/C2CC3(CCNCC3)C2)nn1. The third-order valence-corrected chi connectivity index (χ3v) is 6.45. The molecule has 3 fully saturated rings. The van der Waals surface area contributed by atoms with Gasteiger partial charge in [-0.15, -0.1) is 5.10 Å². The van der Waals surface area contributed by atoms with E-state index in [2.05, 4.69) is 33.0 Å². The fourth-order valence-corrected chi connectivity index (χ4v) is 4.85. The molecule has 2 N–H and O–H groups in total.